The molecule has 21 heavy (non-hydrogen) atoms. The molecule has 0 aliphatic heterocycles. The Morgan fingerprint density at radius 1 is 1.62 bits per heavy atom. The second-order valence-corrected chi connectivity index (χ2v) is 7.38. The molecule has 3 rings (SSSR count). The molecule has 0 radical (unpaired) electrons. The molecule has 3 unspecified atom stereocenters. The van der Waals surface area contributed by atoms with Gasteiger partial charge in [0, 0.05) is 11.0 Å². The zero-order valence-corrected chi connectivity index (χ0v) is 14.0. The lowest BCUT2D eigenvalue weighted by atomic mass is 9.83. The zero-order valence-electron chi connectivity index (χ0n) is 11.6. The molecule has 2 bridgehead atoms. The fraction of sp³-hybridized carbons (Fsp3) is 0.600. The summed E-state index contributed by atoms with van der Waals surface area (Å²) in [5, 5.41) is 3.48. The Balaban J connectivity index is 1.48. The number of carbonyl (C=O) groups is 1. The van der Waals surface area contributed by atoms with Gasteiger partial charge in [-0.15, -0.1) is 0 Å². The molecule has 4 nitrogen and oxygen atoms in total. The van der Waals surface area contributed by atoms with Gasteiger partial charge in [0.05, 0.1) is 12.0 Å². The summed E-state index contributed by atoms with van der Waals surface area (Å²) in [6.45, 7) is 0.840. The molecule has 1 aromatic heterocycles. The Hall–Kier alpha value is -0.810. The van der Waals surface area contributed by atoms with Gasteiger partial charge in [0.15, 0.2) is 0 Å². The molecule has 1 heterocycles. The van der Waals surface area contributed by atoms with Crippen molar-refractivity contribution in [2.24, 2.45) is 11.3 Å². The van der Waals surface area contributed by atoms with E-state index in [9.17, 15) is 4.79 Å². The number of amides is 1. The Bertz CT molecular complexity index is 542. The number of pyridine rings is 1. The number of aromatic nitrogens is 1. The van der Waals surface area contributed by atoms with Gasteiger partial charge >= 0.3 is 0 Å². The lowest BCUT2D eigenvalue weighted by Gasteiger charge is -2.30. The summed E-state index contributed by atoms with van der Waals surface area (Å²) in [5.41, 5.74) is -0.201. The lowest BCUT2D eigenvalue weighted by Crippen LogP contribution is -2.44. The second kappa shape index (κ2) is 6.13. The van der Waals surface area contributed by atoms with E-state index in [-0.39, 0.29) is 11.3 Å². The minimum absolute atomic E-state index is 0.153. The number of carbonyl (C=O) groups excluding carboxylic acids is 1. The first-order valence-electron chi connectivity index (χ1n) is 7.27. The van der Waals surface area contributed by atoms with Crippen LogP contribution in [-0.4, -0.2) is 28.9 Å². The van der Waals surface area contributed by atoms with Crippen molar-refractivity contribution in [2.45, 2.75) is 30.5 Å². The van der Waals surface area contributed by atoms with E-state index >= 15 is 0 Å². The van der Waals surface area contributed by atoms with Crippen molar-refractivity contribution in [3.05, 3.63) is 23.4 Å². The van der Waals surface area contributed by atoms with Gasteiger partial charge in [0.2, 0.25) is 11.8 Å². The summed E-state index contributed by atoms with van der Waals surface area (Å²) in [7, 11) is 0. The van der Waals surface area contributed by atoms with Crippen LogP contribution < -0.4 is 10.1 Å². The van der Waals surface area contributed by atoms with E-state index in [1.807, 2.05) is 0 Å². The van der Waals surface area contributed by atoms with E-state index in [2.05, 4.69) is 26.2 Å². The SMILES string of the molecule is O=C(NCCOc1ncccc1Cl)C12CCC(CC1Br)C2. The van der Waals surface area contributed by atoms with E-state index in [0.29, 0.717) is 34.8 Å². The molecule has 0 saturated heterocycles. The van der Waals surface area contributed by atoms with Crippen LogP contribution in [0.25, 0.3) is 0 Å². The number of hydrogen-bond donors (Lipinski definition) is 1. The summed E-state index contributed by atoms with van der Waals surface area (Å²) in [4.78, 5) is 16.8. The molecule has 2 saturated carbocycles. The first kappa shape index (κ1) is 15.1. The number of nitrogens with zero attached hydrogens (tertiary/aromatic N) is 1. The van der Waals surface area contributed by atoms with Crippen molar-refractivity contribution >= 4 is 33.4 Å². The van der Waals surface area contributed by atoms with Crippen molar-refractivity contribution < 1.29 is 9.53 Å². The van der Waals surface area contributed by atoms with E-state index in [4.69, 9.17) is 16.3 Å². The first-order chi connectivity index (χ1) is 10.1. The van der Waals surface area contributed by atoms with Gasteiger partial charge in [-0.05, 0) is 43.7 Å². The van der Waals surface area contributed by atoms with Crippen LogP contribution >= 0.6 is 27.5 Å². The predicted octanol–water partition coefficient (Wildman–Crippen LogP) is 3.18. The molecule has 2 aliphatic carbocycles. The fourth-order valence-electron chi connectivity index (χ4n) is 3.50. The highest BCUT2D eigenvalue weighted by Gasteiger charge is 2.55. The van der Waals surface area contributed by atoms with Gasteiger partial charge in [-0.2, -0.15) is 0 Å². The molecular formula is C15H18BrClN2O2. The third-order valence-electron chi connectivity index (χ3n) is 4.59. The Kier molecular flexibility index (Phi) is 4.41. The lowest BCUT2D eigenvalue weighted by molar-refractivity contribution is -0.130. The number of alkyl halides is 1. The van der Waals surface area contributed by atoms with Crippen LogP contribution in [0.15, 0.2) is 18.3 Å². The number of rotatable bonds is 5. The van der Waals surface area contributed by atoms with Crippen LogP contribution in [0.2, 0.25) is 5.02 Å². The van der Waals surface area contributed by atoms with Crippen molar-refractivity contribution in [1.29, 1.82) is 0 Å². The maximum absolute atomic E-state index is 12.5. The highest BCUT2D eigenvalue weighted by atomic mass is 79.9. The van der Waals surface area contributed by atoms with Gasteiger partial charge in [-0.1, -0.05) is 27.5 Å². The minimum Gasteiger partial charge on any atom is -0.475 e. The second-order valence-electron chi connectivity index (χ2n) is 5.86. The van der Waals surface area contributed by atoms with Gasteiger partial charge < -0.3 is 10.1 Å². The molecule has 0 spiro atoms. The molecule has 6 heteroatoms. The Labute approximate surface area is 137 Å². The van der Waals surface area contributed by atoms with Crippen molar-refractivity contribution in [2.75, 3.05) is 13.2 Å². The predicted molar refractivity (Wildman–Crippen MR) is 84.9 cm³/mol. The molecule has 3 atom stereocenters. The van der Waals surface area contributed by atoms with Crippen LogP contribution in [0.5, 0.6) is 5.88 Å². The molecule has 2 aliphatic rings. The summed E-state index contributed by atoms with van der Waals surface area (Å²) >= 11 is 9.65. The van der Waals surface area contributed by atoms with Crippen LogP contribution in [0, 0.1) is 11.3 Å². The number of ether oxygens (including phenoxy) is 1. The summed E-state index contributed by atoms with van der Waals surface area (Å²) < 4.78 is 5.48. The van der Waals surface area contributed by atoms with Crippen molar-refractivity contribution in [3.63, 3.8) is 0 Å². The number of halogens is 2. The highest BCUT2D eigenvalue weighted by Crippen LogP contribution is 2.57. The smallest absolute Gasteiger partial charge is 0.232 e. The van der Waals surface area contributed by atoms with Gasteiger partial charge in [0.25, 0.3) is 0 Å². The maximum Gasteiger partial charge on any atom is 0.232 e. The third kappa shape index (κ3) is 2.90. The minimum atomic E-state index is -0.201. The zero-order chi connectivity index (χ0) is 14.9. The summed E-state index contributed by atoms with van der Waals surface area (Å²) in [6, 6.07) is 3.48. The molecule has 114 valence electrons. The monoisotopic (exact) mass is 372 g/mol. The van der Waals surface area contributed by atoms with E-state index in [1.54, 1.807) is 18.3 Å². The summed E-state index contributed by atoms with van der Waals surface area (Å²) in [6.07, 6.45) is 5.93. The fourth-order valence-corrected chi connectivity index (χ4v) is 4.83. The number of fused-ring (bicyclic) bond motifs is 2. The van der Waals surface area contributed by atoms with Crippen LogP contribution in [0.4, 0.5) is 0 Å². The molecule has 1 N–H and O–H groups in total. The van der Waals surface area contributed by atoms with Crippen LogP contribution in [0.3, 0.4) is 0 Å². The molecular weight excluding hydrogens is 356 g/mol. The molecule has 2 fully saturated rings. The summed E-state index contributed by atoms with van der Waals surface area (Å²) in [5.74, 6) is 1.27. The van der Waals surface area contributed by atoms with Crippen LogP contribution in [0.1, 0.15) is 25.7 Å². The molecule has 0 aromatic carbocycles. The maximum atomic E-state index is 12.5. The van der Waals surface area contributed by atoms with Crippen LogP contribution in [-0.2, 0) is 4.79 Å². The van der Waals surface area contributed by atoms with Gasteiger partial charge in [0.1, 0.15) is 11.6 Å². The quantitative estimate of drug-likeness (QED) is 0.637. The molecule has 1 aromatic rings. The van der Waals surface area contributed by atoms with Crippen molar-refractivity contribution in [1.82, 2.24) is 10.3 Å². The van der Waals surface area contributed by atoms with Gasteiger partial charge in [-0.25, -0.2) is 4.98 Å². The van der Waals surface area contributed by atoms with E-state index in [1.165, 1.54) is 6.42 Å². The number of hydrogen-bond acceptors (Lipinski definition) is 3. The normalized spacial score (nSPS) is 30.4. The average Bonchev–Trinajstić information content (AvgIpc) is 3.03. The number of nitrogens with one attached hydrogen (secondary N) is 1. The Morgan fingerprint density at radius 3 is 3.14 bits per heavy atom. The van der Waals surface area contributed by atoms with Crippen molar-refractivity contribution in [3.8, 4) is 5.88 Å². The highest BCUT2D eigenvalue weighted by molar-refractivity contribution is 9.09. The topological polar surface area (TPSA) is 51.2 Å². The Morgan fingerprint density at radius 2 is 2.48 bits per heavy atom. The third-order valence-corrected chi connectivity index (χ3v) is 6.13. The van der Waals surface area contributed by atoms with E-state index in [0.717, 1.165) is 19.3 Å². The van der Waals surface area contributed by atoms with Gasteiger partial charge in [-0.3, -0.25) is 4.79 Å². The first-order valence-corrected chi connectivity index (χ1v) is 8.57. The molecule has 1 amide bonds. The standard InChI is InChI=1S/C15H18BrClN2O2/c16-12-8-10-3-4-15(12,9-10)14(20)19-6-7-21-13-11(17)2-1-5-18-13/h1-2,5,10,12H,3-4,6-9H2,(H,19,20). The average molecular weight is 374 g/mol. The van der Waals surface area contributed by atoms with E-state index < -0.39 is 0 Å². The largest absolute Gasteiger partial charge is 0.475 e.